The van der Waals surface area contributed by atoms with E-state index in [2.05, 4.69) is 25.9 Å². The monoisotopic (exact) mass is 228 g/mol. The Morgan fingerprint density at radius 2 is 2.12 bits per heavy atom. The van der Waals surface area contributed by atoms with Crippen LogP contribution in [0.4, 0.5) is 11.6 Å². The number of pyridine rings is 1. The topological polar surface area (TPSA) is 42.7 Å². The second-order valence-corrected chi connectivity index (χ2v) is 4.60. The van der Waals surface area contributed by atoms with Gasteiger partial charge in [-0.15, -0.1) is 0 Å². The van der Waals surface area contributed by atoms with Crippen LogP contribution < -0.4 is 5.32 Å². The summed E-state index contributed by atoms with van der Waals surface area (Å²) in [5.41, 5.74) is 3.08. The number of imidazole rings is 1. The number of nitrogens with zero attached hydrogens (tertiary/aromatic N) is 3. The molecule has 0 aromatic carbocycles. The number of aromatic nitrogens is 3. The Labute approximate surface area is 101 Å². The largest absolute Gasteiger partial charge is 0.324 e. The minimum Gasteiger partial charge on any atom is -0.324 e. The number of rotatable bonds is 3. The molecule has 1 aliphatic rings. The van der Waals surface area contributed by atoms with Gasteiger partial charge in [-0.1, -0.05) is 0 Å². The van der Waals surface area contributed by atoms with E-state index in [4.69, 9.17) is 0 Å². The van der Waals surface area contributed by atoms with Crippen molar-refractivity contribution in [3.05, 3.63) is 35.9 Å². The summed E-state index contributed by atoms with van der Waals surface area (Å²) in [7, 11) is 0. The molecule has 1 fully saturated rings. The van der Waals surface area contributed by atoms with Gasteiger partial charge in [0.15, 0.2) is 0 Å². The van der Waals surface area contributed by atoms with Crippen LogP contribution in [0.3, 0.4) is 0 Å². The van der Waals surface area contributed by atoms with Gasteiger partial charge in [0.2, 0.25) is 5.95 Å². The molecule has 0 saturated heterocycles. The lowest BCUT2D eigenvalue weighted by Gasteiger charge is -2.10. The fourth-order valence-corrected chi connectivity index (χ4v) is 2.00. The highest BCUT2D eigenvalue weighted by Gasteiger charge is 2.25. The van der Waals surface area contributed by atoms with E-state index in [-0.39, 0.29) is 0 Å². The summed E-state index contributed by atoms with van der Waals surface area (Å²) >= 11 is 0. The van der Waals surface area contributed by atoms with Crippen LogP contribution >= 0.6 is 0 Å². The van der Waals surface area contributed by atoms with Crippen molar-refractivity contribution in [3.63, 3.8) is 0 Å². The zero-order valence-electron chi connectivity index (χ0n) is 10.1. The van der Waals surface area contributed by atoms with Crippen molar-refractivity contribution in [1.82, 2.24) is 14.5 Å². The van der Waals surface area contributed by atoms with Gasteiger partial charge in [-0.25, -0.2) is 4.98 Å². The molecule has 0 radical (unpaired) electrons. The first kappa shape index (κ1) is 10.3. The number of aryl methyl sites for hydroxylation is 2. The standard InChI is InChI=1S/C13H16N4/c1-9-3-6-12(10(2)15-9)16-13-14-7-8-17(13)11-4-5-11/h3,6-8,11H,4-5H2,1-2H3,(H,14,16). The third kappa shape index (κ3) is 2.02. The van der Waals surface area contributed by atoms with Gasteiger partial charge in [-0.05, 0) is 38.8 Å². The molecule has 0 aliphatic heterocycles. The SMILES string of the molecule is Cc1ccc(Nc2nccn2C2CC2)c(C)n1. The van der Waals surface area contributed by atoms with Crippen molar-refractivity contribution in [2.24, 2.45) is 0 Å². The van der Waals surface area contributed by atoms with Gasteiger partial charge in [0, 0.05) is 24.1 Å². The van der Waals surface area contributed by atoms with E-state index in [1.54, 1.807) is 0 Å². The van der Waals surface area contributed by atoms with Crippen molar-refractivity contribution in [3.8, 4) is 0 Å². The lowest BCUT2D eigenvalue weighted by Crippen LogP contribution is -2.03. The average molecular weight is 228 g/mol. The Hall–Kier alpha value is -1.84. The number of nitrogens with one attached hydrogen (secondary N) is 1. The first-order chi connectivity index (χ1) is 8.24. The predicted octanol–water partition coefficient (Wildman–Crippen LogP) is 2.97. The molecule has 2 heterocycles. The Morgan fingerprint density at radius 3 is 2.82 bits per heavy atom. The van der Waals surface area contributed by atoms with E-state index in [0.717, 1.165) is 23.0 Å². The fourth-order valence-electron chi connectivity index (χ4n) is 2.00. The van der Waals surface area contributed by atoms with Gasteiger partial charge >= 0.3 is 0 Å². The molecular formula is C13H16N4. The summed E-state index contributed by atoms with van der Waals surface area (Å²) in [5.74, 6) is 0.918. The number of hydrogen-bond donors (Lipinski definition) is 1. The molecule has 17 heavy (non-hydrogen) atoms. The lowest BCUT2D eigenvalue weighted by atomic mass is 10.3. The van der Waals surface area contributed by atoms with Crippen LogP contribution in [-0.2, 0) is 0 Å². The van der Waals surface area contributed by atoms with Crippen LogP contribution in [0.1, 0.15) is 30.3 Å². The van der Waals surface area contributed by atoms with Crippen LogP contribution in [0.5, 0.6) is 0 Å². The van der Waals surface area contributed by atoms with E-state index >= 15 is 0 Å². The third-order valence-corrected chi connectivity index (χ3v) is 3.08. The molecule has 2 aromatic heterocycles. The van der Waals surface area contributed by atoms with Crippen molar-refractivity contribution in [2.45, 2.75) is 32.7 Å². The summed E-state index contributed by atoms with van der Waals surface area (Å²) in [6, 6.07) is 4.71. The Kier molecular flexibility index (Phi) is 2.35. The summed E-state index contributed by atoms with van der Waals surface area (Å²) in [6.07, 6.45) is 6.40. The molecule has 0 spiro atoms. The van der Waals surface area contributed by atoms with Crippen molar-refractivity contribution >= 4 is 11.6 Å². The molecule has 1 N–H and O–H groups in total. The summed E-state index contributed by atoms with van der Waals surface area (Å²) in [5, 5.41) is 3.36. The number of hydrogen-bond acceptors (Lipinski definition) is 3. The molecule has 0 amide bonds. The Balaban J connectivity index is 1.88. The fraction of sp³-hybridized carbons (Fsp3) is 0.385. The van der Waals surface area contributed by atoms with E-state index < -0.39 is 0 Å². The van der Waals surface area contributed by atoms with Crippen LogP contribution in [0.2, 0.25) is 0 Å². The maximum atomic E-state index is 4.44. The molecule has 1 aliphatic carbocycles. The molecule has 1 saturated carbocycles. The van der Waals surface area contributed by atoms with Crippen molar-refractivity contribution in [1.29, 1.82) is 0 Å². The molecular weight excluding hydrogens is 212 g/mol. The van der Waals surface area contributed by atoms with Crippen LogP contribution in [0.25, 0.3) is 0 Å². The maximum Gasteiger partial charge on any atom is 0.207 e. The molecule has 0 bridgehead atoms. The highest BCUT2D eigenvalue weighted by atomic mass is 15.2. The highest BCUT2D eigenvalue weighted by molar-refractivity contribution is 5.56. The van der Waals surface area contributed by atoms with Crippen molar-refractivity contribution in [2.75, 3.05) is 5.32 Å². The molecule has 4 nitrogen and oxygen atoms in total. The third-order valence-electron chi connectivity index (χ3n) is 3.08. The molecule has 0 unspecified atom stereocenters. The normalized spacial score (nSPS) is 14.9. The zero-order chi connectivity index (χ0) is 11.8. The zero-order valence-corrected chi connectivity index (χ0v) is 10.1. The molecule has 0 atom stereocenters. The molecule has 4 heteroatoms. The minimum atomic E-state index is 0.638. The minimum absolute atomic E-state index is 0.638. The summed E-state index contributed by atoms with van der Waals surface area (Å²) in [4.78, 5) is 8.81. The lowest BCUT2D eigenvalue weighted by molar-refractivity contribution is 0.750. The maximum absolute atomic E-state index is 4.44. The van der Waals surface area contributed by atoms with Gasteiger partial charge in [-0.3, -0.25) is 4.98 Å². The van der Waals surface area contributed by atoms with E-state index in [1.807, 2.05) is 32.3 Å². The van der Waals surface area contributed by atoms with Crippen LogP contribution in [-0.4, -0.2) is 14.5 Å². The first-order valence-electron chi connectivity index (χ1n) is 5.98. The van der Waals surface area contributed by atoms with Crippen molar-refractivity contribution < 1.29 is 0 Å². The average Bonchev–Trinajstić information content (AvgIpc) is 3.03. The summed E-state index contributed by atoms with van der Waals surface area (Å²) in [6.45, 7) is 4.02. The highest BCUT2D eigenvalue weighted by Crippen LogP contribution is 2.37. The number of anilines is 2. The second-order valence-electron chi connectivity index (χ2n) is 4.60. The molecule has 3 rings (SSSR count). The van der Waals surface area contributed by atoms with E-state index in [0.29, 0.717) is 6.04 Å². The quantitative estimate of drug-likeness (QED) is 0.878. The molecule has 88 valence electrons. The van der Waals surface area contributed by atoms with E-state index in [1.165, 1.54) is 12.8 Å². The predicted molar refractivity (Wildman–Crippen MR) is 67.5 cm³/mol. The summed E-state index contributed by atoms with van der Waals surface area (Å²) < 4.78 is 2.21. The Morgan fingerprint density at radius 1 is 1.29 bits per heavy atom. The Bertz CT molecular complexity index is 540. The smallest absolute Gasteiger partial charge is 0.207 e. The second kappa shape index (κ2) is 3.87. The van der Waals surface area contributed by atoms with Gasteiger partial charge in [0.25, 0.3) is 0 Å². The van der Waals surface area contributed by atoms with Crippen LogP contribution in [0, 0.1) is 13.8 Å². The van der Waals surface area contributed by atoms with Crippen LogP contribution in [0.15, 0.2) is 24.5 Å². The van der Waals surface area contributed by atoms with Gasteiger partial charge in [0.1, 0.15) is 0 Å². The van der Waals surface area contributed by atoms with E-state index in [9.17, 15) is 0 Å². The van der Waals surface area contributed by atoms with Gasteiger partial charge < -0.3 is 9.88 Å². The van der Waals surface area contributed by atoms with Gasteiger partial charge in [0.05, 0.1) is 11.4 Å². The molecule has 2 aromatic rings. The van der Waals surface area contributed by atoms with Gasteiger partial charge in [-0.2, -0.15) is 0 Å². The first-order valence-corrected chi connectivity index (χ1v) is 5.98.